The van der Waals surface area contributed by atoms with Crippen LogP contribution in [0.2, 0.25) is 0 Å². The van der Waals surface area contributed by atoms with Gasteiger partial charge < -0.3 is 5.73 Å². The molecule has 8 heteroatoms. The van der Waals surface area contributed by atoms with Crippen LogP contribution in [0.15, 0.2) is 0 Å². The Labute approximate surface area is 65.1 Å². The van der Waals surface area contributed by atoms with Crippen molar-refractivity contribution in [2.75, 3.05) is 0 Å². The summed E-state index contributed by atoms with van der Waals surface area (Å²) in [6, 6.07) is 0. The van der Waals surface area contributed by atoms with Crippen molar-refractivity contribution in [2.45, 2.75) is 0 Å². The molecule has 0 aliphatic heterocycles. The minimum Gasteiger partial charge on any atom is -0.364 e. The Morgan fingerprint density at radius 2 is 2.00 bits per heavy atom. The Hall–Kier alpha value is -1.99. The number of carbonyl (C=O) groups excluding carboxylic acids is 2. The molecular weight excluding hydrogens is 169 g/mol. The smallest absolute Gasteiger partial charge is 0.301 e. The van der Waals surface area contributed by atoms with Crippen LogP contribution in [0.1, 0.15) is 21.0 Å². The van der Waals surface area contributed by atoms with Crippen LogP contribution in [0.5, 0.6) is 0 Å². The van der Waals surface area contributed by atoms with Crippen LogP contribution in [0.3, 0.4) is 0 Å². The standard InChI is InChI=1S/C4H4FN5O2/c5-7-4(12)2-1(3(6)11)8-10-9-2/h(H2,6,11)(H,7,12)(H,8,9,10). The zero-order valence-electron chi connectivity index (χ0n) is 5.67. The van der Waals surface area contributed by atoms with E-state index >= 15 is 0 Å². The van der Waals surface area contributed by atoms with E-state index < -0.39 is 23.2 Å². The van der Waals surface area contributed by atoms with Crippen molar-refractivity contribution in [3.05, 3.63) is 11.4 Å². The lowest BCUT2D eigenvalue weighted by atomic mass is 10.3. The van der Waals surface area contributed by atoms with Gasteiger partial charge in [0, 0.05) is 0 Å². The highest BCUT2D eigenvalue weighted by molar-refractivity contribution is 6.03. The molecule has 0 fully saturated rings. The number of nitrogens with zero attached hydrogens (tertiary/aromatic N) is 2. The van der Waals surface area contributed by atoms with Crippen molar-refractivity contribution < 1.29 is 14.1 Å². The average molecular weight is 173 g/mol. The monoisotopic (exact) mass is 173 g/mol. The normalized spacial score (nSPS) is 9.42. The summed E-state index contributed by atoms with van der Waals surface area (Å²) in [7, 11) is 0. The van der Waals surface area contributed by atoms with E-state index in [-0.39, 0.29) is 0 Å². The molecule has 0 spiro atoms. The molecule has 12 heavy (non-hydrogen) atoms. The molecule has 4 N–H and O–H groups in total. The number of rotatable bonds is 2. The zero-order chi connectivity index (χ0) is 9.14. The van der Waals surface area contributed by atoms with E-state index in [4.69, 9.17) is 5.73 Å². The molecule has 2 amide bonds. The van der Waals surface area contributed by atoms with E-state index in [1.54, 1.807) is 0 Å². The summed E-state index contributed by atoms with van der Waals surface area (Å²) in [4.78, 5) is 21.1. The van der Waals surface area contributed by atoms with Crippen LogP contribution in [-0.4, -0.2) is 27.2 Å². The number of nitrogens with two attached hydrogens (primary N) is 1. The molecule has 0 unspecified atom stereocenters. The molecule has 0 bridgehead atoms. The second-order valence-corrected chi connectivity index (χ2v) is 1.81. The maximum atomic E-state index is 11.6. The number of hydrogen-bond acceptors (Lipinski definition) is 4. The lowest BCUT2D eigenvalue weighted by Crippen LogP contribution is -2.21. The molecule has 0 radical (unpaired) electrons. The molecule has 1 aromatic heterocycles. The molecule has 1 heterocycles. The number of primary amides is 1. The maximum absolute atomic E-state index is 11.6. The third-order valence-corrected chi connectivity index (χ3v) is 1.08. The van der Waals surface area contributed by atoms with E-state index in [0.717, 1.165) is 5.54 Å². The summed E-state index contributed by atoms with van der Waals surface area (Å²) in [5.41, 5.74) is 4.72. The summed E-state index contributed by atoms with van der Waals surface area (Å²) >= 11 is 0. The fourth-order valence-corrected chi connectivity index (χ4v) is 0.606. The van der Waals surface area contributed by atoms with Gasteiger partial charge in [-0.1, -0.05) is 4.48 Å². The molecule has 0 saturated carbocycles. The Bertz CT molecular complexity index is 321. The van der Waals surface area contributed by atoms with Gasteiger partial charge >= 0.3 is 5.91 Å². The number of aromatic amines is 1. The molecule has 0 saturated heterocycles. The lowest BCUT2D eigenvalue weighted by Gasteiger charge is -1.90. The molecule has 0 aromatic carbocycles. The van der Waals surface area contributed by atoms with Crippen LogP contribution < -0.4 is 11.3 Å². The number of amides is 2. The Balaban J connectivity index is 3.07. The highest BCUT2D eigenvalue weighted by atomic mass is 19.2. The van der Waals surface area contributed by atoms with Crippen molar-refractivity contribution in [3.8, 4) is 0 Å². The summed E-state index contributed by atoms with van der Waals surface area (Å²) in [5.74, 6) is -2.13. The van der Waals surface area contributed by atoms with Gasteiger partial charge in [0.25, 0.3) is 5.91 Å². The predicted molar refractivity (Wildman–Crippen MR) is 33.5 cm³/mol. The van der Waals surface area contributed by atoms with Crippen molar-refractivity contribution in [1.82, 2.24) is 20.9 Å². The fourth-order valence-electron chi connectivity index (χ4n) is 0.606. The third-order valence-electron chi connectivity index (χ3n) is 1.08. The van der Waals surface area contributed by atoms with Crippen molar-refractivity contribution in [3.63, 3.8) is 0 Å². The topological polar surface area (TPSA) is 114 Å². The number of hydrogen-bond donors (Lipinski definition) is 3. The largest absolute Gasteiger partial charge is 0.364 e. The second kappa shape index (κ2) is 2.95. The fraction of sp³-hybridized carbons (Fsp3) is 0. The number of nitrogens with one attached hydrogen (secondary N) is 2. The van der Waals surface area contributed by atoms with Crippen LogP contribution in [-0.2, 0) is 0 Å². The van der Waals surface area contributed by atoms with Crippen LogP contribution in [0.4, 0.5) is 4.48 Å². The number of aromatic nitrogens is 3. The SMILES string of the molecule is NC(=O)c1n[nH]nc1C(=O)NF. The summed E-state index contributed by atoms with van der Waals surface area (Å²) in [5, 5.41) is 8.43. The van der Waals surface area contributed by atoms with Crippen molar-refractivity contribution in [2.24, 2.45) is 5.73 Å². The van der Waals surface area contributed by atoms with E-state index in [9.17, 15) is 14.1 Å². The first-order valence-electron chi connectivity index (χ1n) is 2.78. The first kappa shape index (κ1) is 8.11. The summed E-state index contributed by atoms with van der Waals surface area (Å²) in [6.07, 6.45) is 0. The Morgan fingerprint density at radius 3 is 2.50 bits per heavy atom. The molecule has 0 aliphatic carbocycles. The zero-order valence-corrected chi connectivity index (χ0v) is 5.67. The number of carbonyl (C=O) groups is 2. The van der Waals surface area contributed by atoms with Gasteiger partial charge in [-0.25, -0.2) is 0 Å². The minimum absolute atomic E-state index is 0.398. The Kier molecular flexibility index (Phi) is 1.99. The predicted octanol–water partition coefficient (Wildman–Crippen LogP) is -1.48. The molecule has 1 rings (SSSR count). The molecule has 0 atom stereocenters. The molecule has 7 nitrogen and oxygen atoms in total. The molecule has 64 valence electrons. The average Bonchev–Trinajstić information content (AvgIpc) is 2.50. The highest BCUT2D eigenvalue weighted by Gasteiger charge is 2.19. The van der Waals surface area contributed by atoms with Crippen molar-refractivity contribution >= 4 is 11.8 Å². The van der Waals surface area contributed by atoms with Gasteiger partial charge in [0.15, 0.2) is 11.4 Å². The molecular formula is C4H4FN5O2. The van der Waals surface area contributed by atoms with Crippen LogP contribution >= 0.6 is 0 Å². The van der Waals surface area contributed by atoms with Gasteiger partial charge in [-0.2, -0.15) is 10.8 Å². The van der Waals surface area contributed by atoms with Gasteiger partial charge in [0.2, 0.25) is 0 Å². The van der Waals surface area contributed by atoms with E-state index in [1.807, 2.05) is 5.21 Å². The van der Waals surface area contributed by atoms with E-state index in [2.05, 4.69) is 10.2 Å². The summed E-state index contributed by atoms with van der Waals surface area (Å²) in [6.45, 7) is 0. The van der Waals surface area contributed by atoms with Crippen LogP contribution in [0.25, 0.3) is 0 Å². The Morgan fingerprint density at radius 1 is 1.42 bits per heavy atom. The summed E-state index contributed by atoms with van der Waals surface area (Å²) < 4.78 is 11.6. The van der Waals surface area contributed by atoms with E-state index in [0.29, 0.717) is 0 Å². The van der Waals surface area contributed by atoms with Gasteiger partial charge in [-0.15, -0.1) is 10.2 Å². The second-order valence-electron chi connectivity index (χ2n) is 1.81. The lowest BCUT2D eigenvalue weighted by molar-refractivity contribution is 0.0846. The number of halogens is 1. The number of H-pyrrole nitrogens is 1. The first-order chi connectivity index (χ1) is 5.66. The van der Waals surface area contributed by atoms with Crippen molar-refractivity contribution in [1.29, 1.82) is 0 Å². The maximum Gasteiger partial charge on any atom is 0.301 e. The van der Waals surface area contributed by atoms with Gasteiger partial charge in [-0.3, -0.25) is 9.59 Å². The highest BCUT2D eigenvalue weighted by Crippen LogP contribution is 1.98. The van der Waals surface area contributed by atoms with Gasteiger partial charge in [0.05, 0.1) is 0 Å². The quantitative estimate of drug-likeness (QED) is 0.473. The van der Waals surface area contributed by atoms with Crippen LogP contribution in [0, 0.1) is 0 Å². The van der Waals surface area contributed by atoms with E-state index in [1.165, 1.54) is 0 Å². The minimum atomic E-state index is -1.17. The third kappa shape index (κ3) is 1.21. The molecule has 0 aliphatic rings. The van der Waals surface area contributed by atoms with Gasteiger partial charge in [0.1, 0.15) is 0 Å². The molecule has 1 aromatic rings. The van der Waals surface area contributed by atoms with Gasteiger partial charge in [-0.05, 0) is 0 Å². The first-order valence-corrected chi connectivity index (χ1v) is 2.78.